The van der Waals surface area contributed by atoms with Gasteiger partial charge in [0.15, 0.2) is 3.83 Å². The van der Waals surface area contributed by atoms with Crippen LogP contribution in [0.2, 0.25) is 0 Å². The van der Waals surface area contributed by atoms with E-state index in [1.54, 1.807) is 6.33 Å². The van der Waals surface area contributed by atoms with Crippen LogP contribution in [0.3, 0.4) is 0 Å². The van der Waals surface area contributed by atoms with Gasteiger partial charge in [-0.3, -0.25) is 0 Å². The third-order valence-corrected chi connectivity index (χ3v) is 2.86. The number of rotatable bonds is 3. The van der Waals surface area contributed by atoms with Gasteiger partial charge in [-0.1, -0.05) is 30.3 Å². The highest BCUT2D eigenvalue weighted by Gasteiger charge is 1.99. The van der Waals surface area contributed by atoms with Crippen LogP contribution in [0.4, 0.5) is 0 Å². The van der Waals surface area contributed by atoms with Crippen molar-refractivity contribution in [2.75, 3.05) is 0 Å². The summed E-state index contributed by atoms with van der Waals surface area (Å²) in [5, 5.41) is 4.13. The minimum absolute atomic E-state index is 0.891. The third-order valence-electron chi connectivity index (χ3n) is 2.02. The maximum absolute atomic E-state index is 4.13. The minimum atomic E-state index is 0.891. The van der Waals surface area contributed by atoms with E-state index in [1.807, 2.05) is 10.7 Å². The first-order valence-electron chi connectivity index (χ1n) is 4.43. The quantitative estimate of drug-likeness (QED) is 0.813. The van der Waals surface area contributed by atoms with Gasteiger partial charge in [0.05, 0.1) is 0 Å². The Hall–Kier alpha value is -0.910. The van der Waals surface area contributed by atoms with Gasteiger partial charge in [0, 0.05) is 29.1 Å². The lowest BCUT2D eigenvalue weighted by molar-refractivity contribution is 0.598. The maximum atomic E-state index is 4.13. The van der Waals surface area contributed by atoms with Crippen molar-refractivity contribution in [3.63, 3.8) is 0 Å². The Labute approximate surface area is 96.3 Å². The van der Waals surface area contributed by atoms with Gasteiger partial charge < -0.3 is 0 Å². The average Bonchev–Trinajstić information content (AvgIpc) is 2.63. The Morgan fingerprint density at radius 3 is 2.64 bits per heavy atom. The first-order chi connectivity index (χ1) is 6.86. The van der Waals surface area contributed by atoms with Crippen LogP contribution in [0, 0.1) is 3.83 Å². The molecule has 0 fully saturated rings. The molecule has 0 N–H and O–H groups in total. The molecule has 0 bridgehead atoms. The second-order valence-corrected chi connectivity index (χ2v) is 3.95. The van der Waals surface area contributed by atoms with Crippen LogP contribution in [0.1, 0.15) is 5.56 Å². The molecule has 0 atom stereocenters. The fourth-order valence-corrected chi connectivity index (χ4v) is 1.77. The van der Waals surface area contributed by atoms with E-state index < -0.39 is 0 Å². The average molecular weight is 299 g/mol. The molecule has 2 rings (SSSR count). The molecule has 0 saturated heterocycles. The summed E-state index contributed by atoms with van der Waals surface area (Å²) in [5.74, 6) is 0. The van der Waals surface area contributed by atoms with E-state index in [0.29, 0.717) is 0 Å². The summed E-state index contributed by atoms with van der Waals surface area (Å²) in [6.07, 6.45) is 2.59. The number of benzene rings is 1. The summed E-state index contributed by atoms with van der Waals surface area (Å²) in [6.45, 7) is 0.891. The van der Waals surface area contributed by atoms with Crippen LogP contribution in [-0.2, 0) is 13.0 Å². The molecule has 0 aliphatic rings. The van der Waals surface area contributed by atoms with Crippen LogP contribution < -0.4 is 0 Å². The van der Waals surface area contributed by atoms with Crippen molar-refractivity contribution in [1.29, 1.82) is 0 Å². The highest BCUT2D eigenvalue weighted by atomic mass is 127. The Kier molecular flexibility index (Phi) is 3.13. The van der Waals surface area contributed by atoms with Crippen LogP contribution in [-0.4, -0.2) is 14.8 Å². The zero-order valence-corrected chi connectivity index (χ0v) is 9.76. The Bertz CT molecular complexity index is 397. The second-order valence-electron chi connectivity index (χ2n) is 2.99. The van der Waals surface area contributed by atoms with Gasteiger partial charge in [-0.05, 0) is 12.0 Å². The molecule has 0 aliphatic carbocycles. The summed E-state index contributed by atoms with van der Waals surface area (Å²) < 4.78 is 2.85. The van der Waals surface area contributed by atoms with Crippen molar-refractivity contribution >= 4 is 22.6 Å². The normalized spacial score (nSPS) is 10.4. The predicted octanol–water partition coefficient (Wildman–Crippen LogP) is 2.13. The van der Waals surface area contributed by atoms with Crippen molar-refractivity contribution in [2.45, 2.75) is 13.0 Å². The molecule has 0 saturated carbocycles. The van der Waals surface area contributed by atoms with E-state index in [1.165, 1.54) is 5.56 Å². The van der Waals surface area contributed by atoms with E-state index in [-0.39, 0.29) is 0 Å². The van der Waals surface area contributed by atoms with Crippen LogP contribution in [0.5, 0.6) is 0 Å². The van der Waals surface area contributed by atoms with Gasteiger partial charge in [0.2, 0.25) is 0 Å². The highest BCUT2D eigenvalue weighted by Crippen LogP contribution is 2.03. The summed E-state index contributed by atoms with van der Waals surface area (Å²) in [7, 11) is 0. The standard InChI is InChI=1S/C10H10IN3/c11-10-12-8-13-14(10)7-6-9-4-2-1-3-5-9/h1-5,8H,6-7H2. The number of aromatic nitrogens is 3. The Morgan fingerprint density at radius 1 is 1.21 bits per heavy atom. The summed E-state index contributed by atoms with van der Waals surface area (Å²) in [6, 6.07) is 10.4. The molecule has 1 aromatic heterocycles. The SMILES string of the molecule is Ic1ncnn1CCc1ccccc1. The number of halogens is 1. The van der Waals surface area contributed by atoms with E-state index >= 15 is 0 Å². The Balaban J connectivity index is 1.99. The van der Waals surface area contributed by atoms with E-state index in [2.05, 4.69) is 56.9 Å². The molecule has 0 unspecified atom stereocenters. The lowest BCUT2D eigenvalue weighted by Crippen LogP contribution is -2.05. The molecule has 0 radical (unpaired) electrons. The monoisotopic (exact) mass is 299 g/mol. The molecule has 1 aromatic carbocycles. The number of hydrogen-bond donors (Lipinski definition) is 0. The lowest BCUT2D eigenvalue weighted by Gasteiger charge is -2.01. The molecule has 1 heterocycles. The molecule has 0 aliphatic heterocycles. The van der Waals surface area contributed by atoms with E-state index in [9.17, 15) is 0 Å². The zero-order valence-electron chi connectivity index (χ0n) is 7.60. The van der Waals surface area contributed by atoms with Crippen molar-refractivity contribution in [3.8, 4) is 0 Å². The summed E-state index contributed by atoms with van der Waals surface area (Å²) in [5.41, 5.74) is 1.33. The van der Waals surface area contributed by atoms with Gasteiger partial charge in [0.25, 0.3) is 0 Å². The topological polar surface area (TPSA) is 30.7 Å². The largest absolute Gasteiger partial charge is 0.241 e. The van der Waals surface area contributed by atoms with Gasteiger partial charge >= 0.3 is 0 Å². The van der Waals surface area contributed by atoms with Crippen LogP contribution in [0.15, 0.2) is 36.7 Å². The van der Waals surface area contributed by atoms with Crippen LogP contribution in [0.25, 0.3) is 0 Å². The molecule has 3 nitrogen and oxygen atoms in total. The highest BCUT2D eigenvalue weighted by molar-refractivity contribution is 14.1. The minimum Gasteiger partial charge on any atom is -0.241 e. The maximum Gasteiger partial charge on any atom is 0.189 e. The fraction of sp³-hybridized carbons (Fsp3) is 0.200. The fourth-order valence-electron chi connectivity index (χ4n) is 1.28. The first-order valence-corrected chi connectivity index (χ1v) is 5.51. The molecular weight excluding hydrogens is 289 g/mol. The van der Waals surface area contributed by atoms with Crippen molar-refractivity contribution in [3.05, 3.63) is 46.1 Å². The summed E-state index contributed by atoms with van der Waals surface area (Å²) in [4.78, 5) is 4.07. The van der Waals surface area contributed by atoms with Gasteiger partial charge in [-0.2, -0.15) is 5.10 Å². The van der Waals surface area contributed by atoms with Crippen LogP contribution >= 0.6 is 22.6 Å². The van der Waals surface area contributed by atoms with Crippen molar-refractivity contribution in [2.24, 2.45) is 0 Å². The number of aryl methyl sites for hydroxylation is 2. The van der Waals surface area contributed by atoms with Gasteiger partial charge in [-0.15, -0.1) is 0 Å². The van der Waals surface area contributed by atoms with Crippen molar-refractivity contribution in [1.82, 2.24) is 14.8 Å². The molecule has 14 heavy (non-hydrogen) atoms. The van der Waals surface area contributed by atoms with E-state index in [4.69, 9.17) is 0 Å². The summed E-state index contributed by atoms with van der Waals surface area (Å²) >= 11 is 2.19. The predicted molar refractivity (Wildman–Crippen MR) is 62.9 cm³/mol. The van der Waals surface area contributed by atoms with Crippen molar-refractivity contribution < 1.29 is 0 Å². The number of hydrogen-bond acceptors (Lipinski definition) is 2. The van der Waals surface area contributed by atoms with E-state index in [0.717, 1.165) is 16.8 Å². The molecule has 2 aromatic rings. The molecule has 4 heteroatoms. The lowest BCUT2D eigenvalue weighted by atomic mass is 10.2. The third kappa shape index (κ3) is 2.31. The first kappa shape index (κ1) is 9.64. The second kappa shape index (κ2) is 4.54. The number of nitrogens with zero attached hydrogens (tertiary/aromatic N) is 3. The van der Waals surface area contributed by atoms with Gasteiger partial charge in [-0.25, -0.2) is 9.67 Å². The Morgan fingerprint density at radius 2 is 2.00 bits per heavy atom. The zero-order chi connectivity index (χ0) is 9.80. The molecular formula is C10H10IN3. The van der Waals surface area contributed by atoms with Gasteiger partial charge in [0.1, 0.15) is 6.33 Å². The molecule has 0 spiro atoms. The molecule has 72 valence electrons. The molecule has 0 amide bonds. The smallest absolute Gasteiger partial charge is 0.189 e.